The summed E-state index contributed by atoms with van der Waals surface area (Å²) in [5.41, 5.74) is 0. The van der Waals surface area contributed by atoms with E-state index in [0.717, 1.165) is 9.88 Å². The third-order valence-corrected chi connectivity index (χ3v) is 1.46. The molecule has 0 unspecified atom stereocenters. The van der Waals surface area contributed by atoms with Crippen LogP contribution >= 0.6 is 11.3 Å². The van der Waals surface area contributed by atoms with Gasteiger partial charge in [-0.15, -0.1) is 6.20 Å². The van der Waals surface area contributed by atoms with Gasteiger partial charge >= 0.3 is 0 Å². The van der Waals surface area contributed by atoms with Crippen LogP contribution in [0.4, 0.5) is 0 Å². The molecule has 0 atom stereocenters. The molecule has 44 valence electrons. The molecular formula is C5H6NSW-. The van der Waals surface area contributed by atoms with Crippen molar-refractivity contribution in [1.82, 2.24) is 4.98 Å². The van der Waals surface area contributed by atoms with Gasteiger partial charge in [-0.25, -0.2) is 11.3 Å². The molecule has 0 aliphatic rings. The van der Waals surface area contributed by atoms with Gasteiger partial charge in [-0.1, -0.05) is 16.8 Å². The van der Waals surface area contributed by atoms with Gasteiger partial charge in [-0.2, -0.15) is 0 Å². The van der Waals surface area contributed by atoms with Crippen molar-refractivity contribution < 1.29 is 21.1 Å². The first-order chi connectivity index (χ1) is 3.29. The van der Waals surface area contributed by atoms with E-state index in [1.54, 1.807) is 11.3 Å². The van der Waals surface area contributed by atoms with Crippen LogP contribution in [0.1, 0.15) is 9.88 Å². The van der Waals surface area contributed by atoms with Gasteiger partial charge in [0.1, 0.15) is 0 Å². The summed E-state index contributed by atoms with van der Waals surface area (Å²) in [5, 5.41) is 1.09. The molecule has 0 spiro atoms. The van der Waals surface area contributed by atoms with Gasteiger partial charge in [0.15, 0.2) is 0 Å². The van der Waals surface area contributed by atoms with E-state index in [2.05, 4.69) is 11.2 Å². The fourth-order valence-electron chi connectivity index (χ4n) is 0.425. The number of hydrogen-bond acceptors (Lipinski definition) is 2. The smallest absolute Gasteiger partial charge is 0 e. The normalized spacial score (nSPS) is 8.25. The first-order valence-corrected chi connectivity index (χ1v) is 2.92. The minimum absolute atomic E-state index is 0. The average molecular weight is 296 g/mol. The predicted molar refractivity (Wildman–Crippen MR) is 30.4 cm³/mol. The van der Waals surface area contributed by atoms with Crippen LogP contribution in [-0.2, 0) is 21.1 Å². The van der Waals surface area contributed by atoms with Gasteiger partial charge in [0.25, 0.3) is 0 Å². The Bertz CT molecular complexity index is 145. The molecular weight excluding hydrogens is 290 g/mol. The zero-order chi connectivity index (χ0) is 5.28. The third kappa shape index (κ3) is 2.06. The molecule has 0 saturated carbocycles. The fourth-order valence-corrected chi connectivity index (χ4v) is 1.05. The van der Waals surface area contributed by atoms with E-state index in [4.69, 9.17) is 0 Å². The van der Waals surface area contributed by atoms with Crippen molar-refractivity contribution >= 4 is 11.3 Å². The third-order valence-electron chi connectivity index (χ3n) is 0.672. The Balaban J connectivity index is 0.000000490. The molecule has 0 radical (unpaired) electrons. The fraction of sp³-hybridized carbons (Fsp3) is 0.400. The van der Waals surface area contributed by atoms with E-state index < -0.39 is 0 Å². The predicted octanol–water partition coefficient (Wildman–Crippen LogP) is 1.56. The maximum atomic E-state index is 3.91. The molecule has 0 aliphatic heterocycles. The number of hydrogen-bond donors (Lipinski definition) is 0. The molecule has 0 aliphatic carbocycles. The molecule has 0 amide bonds. The van der Waals surface area contributed by atoms with E-state index in [9.17, 15) is 0 Å². The van der Waals surface area contributed by atoms with E-state index in [1.165, 1.54) is 0 Å². The van der Waals surface area contributed by atoms with Crippen LogP contribution in [-0.4, -0.2) is 4.98 Å². The number of thiazole rings is 1. The molecule has 1 heterocycles. The van der Waals surface area contributed by atoms with Crippen molar-refractivity contribution in [2.24, 2.45) is 0 Å². The second-order valence-corrected chi connectivity index (χ2v) is 2.81. The summed E-state index contributed by atoms with van der Waals surface area (Å²) < 4.78 is 0. The summed E-state index contributed by atoms with van der Waals surface area (Å²) in [5.74, 6) is 0. The number of aromatic nitrogens is 1. The second-order valence-electron chi connectivity index (χ2n) is 1.40. The van der Waals surface area contributed by atoms with Crippen LogP contribution in [0.15, 0.2) is 0 Å². The molecule has 1 nitrogen and oxygen atoms in total. The summed E-state index contributed by atoms with van der Waals surface area (Å²) in [6.07, 6.45) is 2.84. The molecule has 0 saturated heterocycles. The summed E-state index contributed by atoms with van der Waals surface area (Å²) >= 11 is 1.68. The molecule has 8 heavy (non-hydrogen) atoms. The van der Waals surface area contributed by atoms with Crippen molar-refractivity contribution in [2.75, 3.05) is 0 Å². The molecule has 0 fully saturated rings. The molecule has 1 aromatic heterocycles. The van der Waals surface area contributed by atoms with Crippen LogP contribution < -0.4 is 0 Å². The largest absolute Gasteiger partial charge is 0.446 e. The average Bonchev–Trinajstić information content (AvgIpc) is 1.87. The Morgan fingerprint density at radius 3 is 2.25 bits per heavy atom. The Labute approximate surface area is 67.4 Å². The number of rotatable bonds is 0. The Hall–Kier alpha value is 0.318. The maximum Gasteiger partial charge on any atom is 0 e. The Kier molecular flexibility index (Phi) is 3.50. The molecule has 1 rings (SSSR count). The van der Waals surface area contributed by atoms with Crippen molar-refractivity contribution in [1.29, 1.82) is 0 Å². The zero-order valence-electron chi connectivity index (χ0n) is 4.76. The quantitative estimate of drug-likeness (QED) is 0.662. The number of nitrogens with zero attached hydrogens (tertiary/aromatic N) is 1. The van der Waals surface area contributed by atoms with Crippen LogP contribution in [0.2, 0.25) is 0 Å². The van der Waals surface area contributed by atoms with E-state index in [0.29, 0.717) is 0 Å². The summed E-state index contributed by atoms with van der Waals surface area (Å²) in [6, 6.07) is 0. The standard InChI is InChI=1S/C5H6NS.W/c1-4-3-6-5(2)7-4;/h1-2H3;/q-1;. The first kappa shape index (κ1) is 8.32. The van der Waals surface area contributed by atoms with Crippen molar-refractivity contribution in [3.8, 4) is 0 Å². The number of aryl methyl sites for hydroxylation is 2. The van der Waals surface area contributed by atoms with Gasteiger partial charge in [0.2, 0.25) is 0 Å². The zero-order valence-corrected chi connectivity index (χ0v) is 8.51. The van der Waals surface area contributed by atoms with E-state index >= 15 is 0 Å². The molecule has 0 N–H and O–H groups in total. The van der Waals surface area contributed by atoms with Gasteiger partial charge in [-0.3, -0.25) is 0 Å². The van der Waals surface area contributed by atoms with Crippen molar-refractivity contribution in [2.45, 2.75) is 13.8 Å². The summed E-state index contributed by atoms with van der Waals surface area (Å²) in [6.45, 7) is 3.98. The molecule has 0 bridgehead atoms. The van der Waals surface area contributed by atoms with Gasteiger partial charge < -0.3 is 4.98 Å². The van der Waals surface area contributed by atoms with Gasteiger partial charge in [-0.05, 0) is 6.92 Å². The van der Waals surface area contributed by atoms with Crippen LogP contribution in [0.3, 0.4) is 0 Å². The Morgan fingerprint density at radius 1 is 1.50 bits per heavy atom. The van der Waals surface area contributed by atoms with E-state index in [1.807, 2.05) is 13.8 Å². The topological polar surface area (TPSA) is 12.9 Å². The SMILES string of the molecule is Cc1[c-]nc(C)s1.[W]. The molecule has 1 aromatic rings. The summed E-state index contributed by atoms with van der Waals surface area (Å²) in [7, 11) is 0. The first-order valence-electron chi connectivity index (χ1n) is 2.11. The monoisotopic (exact) mass is 296 g/mol. The Morgan fingerprint density at radius 2 is 2.12 bits per heavy atom. The van der Waals surface area contributed by atoms with Crippen LogP contribution in [0.25, 0.3) is 0 Å². The maximum absolute atomic E-state index is 3.91. The van der Waals surface area contributed by atoms with E-state index in [-0.39, 0.29) is 21.1 Å². The van der Waals surface area contributed by atoms with Crippen LogP contribution in [0.5, 0.6) is 0 Å². The van der Waals surface area contributed by atoms with Gasteiger partial charge in [0, 0.05) is 21.1 Å². The van der Waals surface area contributed by atoms with Crippen molar-refractivity contribution in [3.05, 3.63) is 16.1 Å². The minimum atomic E-state index is 0. The molecule has 3 heteroatoms. The molecule has 0 aromatic carbocycles. The summed E-state index contributed by atoms with van der Waals surface area (Å²) in [4.78, 5) is 5.07. The van der Waals surface area contributed by atoms with Crippen molar-refractivity contribution in [3.63, 3.8) is 0 Å². The minimum Gasteiger partial charge on any atom is -0.446 e. The second kappa shape index (κ2) is 3.36. The van der Waals surface area contributed by atoms with Crippen LogP contribution in [0, 0.1) is 20.0 Å². The van der Waals surface area contributed by atoms with Gasteiger partial charge in [0.05, 0.1) is 0 Å².